The molecular weight excluding hydrogens is 416 g/mol. The van der Waals surface area contributed by atoms with Gasteiger partial charge in [-0.15, -0.1) is 0 Å². The Morgan fingerprint density at radius 3 is 2.37 bits per heavy atom. The third-order valence-electron chi connectivity index (χ3n) is 4.22. The number of nitro groups is 1. The second kappa shape index (κ2) is 8.47. The van der Waals surface area contributed by atoms with Crippen molar-refractivity contribution < 1.29 is 27.3 Å². The minimum absolute atomic E-state index is 0.0766. The highest BCUT2D eigenvalue weighted by atomic mass is 32.2. The van der Waals surface area contributed by atoms with Crippen LogP contribution in [0.25, 0.3) is 11.4 Å². The molecule has 3 aromatic rings. The Morgan fingerprint density at radius 1 is 1.10 bits per heavy atom. The summed E-state index contributed by atoms with van der Waals surface area (Å²) in [6.07, 6.45) is 0. The Hall–Kier alpha value is -3.51. The van der Waals surface area contributed by atoms with E-state index in [9.17, 15) is 18.5 Å². The average molecular weight is 434 g/mol. The Labute approximate surface area is 172 Å². The number of non-ortho nitro benzene ring substituents is 1. The van der Waals surface area contributed by atoms with Gasteiger partial charge in [-0.1, -0.05) is 5.16 Å². The van der Waals surface area contributed by atoms with Gasteiger partial charge in [-0.25, -0.2) is 8.42 Å². The molecule has 0 saturated heterocycles. The molecule has 12 heteroatoms. The van der Waals surface area contributed by atoms with Crippen LogP contribution in [-0.2, 0) is 16.6 Å². The largest absolute Gasteiger partial charge is 0.493 e. The summed E-state index contributed by atoms with van der Waals surface area (Å²) in [7, 11) is 0.456. The van der Waals surface area contributed by atoms with Gasteiger partial charge >= 0.3 is 0 Å². The Balaban J connectivity index is 1.78. The zero-order valence-electron chi connectivity index (χ0n) is 16.3. The molecule has 0 spiro atoms. The summed E-state index contributed by atoms with van der Waals surface area (Å²) in [5.74, 6) is 1.36. The SMILES string of the molecule is COc1ccc(-c2noc(CN(C)S(=O)(=O)c3ccc([N+](=O)[O-])cc3)n2)cc1OC. The highest BCUT2D eigenvalue weighted by molar-refractivity contribution is 7.89. The summed E-state index contributed by atoms with van der Waals surface area (Å²) in [5.41, 5.74) is 0.400. The number of nitro benzene ring substituents is 1. The van der Waals surface area contributed by atoms with Crippen molar-refractivity contribution in [1.29, 1.82) is 0 Å². The predicted octanol–water partition coefficient (Wildman–Crippen LogP) is 2.48. The zero-order chi connectivity index (χ0) is 21.9. The number of aromatic nitrogens is 2. The van der Waals surface area contributed by atoms with Gasteiger partial charge in [0.15, 0.2) is 11.5 Å². The number of hydrogen-bond acceptors (Lipinski definition) is 9. The molecule has 0 bridgehead atoms. The lowest BCUT2D eigenvalue weighted by molar-refractivity contribution is -0.384. The first-order valence-corrected chi connectivity index (χ1v) is 9.96. The van der Waals surface area contributed by atoms with Crippen molar-refractivity contribution in [2.24, 2.45) is 0 Å². The normalized spacial score (nSPS) is 11.5. The number of rotatable bonds is 8. The Kier molecular flexibility index (Phi) is 5.99. The van der Waals surface area contributed by atoms with Crippen LogP contribution >= 0.6 is 0 Å². The van der Waals surface area contributed by atoms with Crippen LogP contribution in [0, 0.1) is 10.1 Å². The van der Waals surface area contributed by atoms with Crippen LogP contribution < -0.4 is 9.47 Å². The van der Waals surface area contributed by atoms with Gasteiger partial charge < -0.3 is 14.0 Å². The van der Waals surface area contributed by atoms with Crippen LogP contribution in [0.4, 0.5) is 5.69 Å². The van der Waals surface area contributed by atoms with E-state index in [2.05, 4.69) is 10.1 Å². The molecule has 0 aliphatic carbocycles. The second-order valence-electron chi connectivity index (χ2n) is 6.09. The Bertz CT molecular complexity index is 1160. The molecule has 11 nitrogen and oxygen atoms in total. The summed E-state index contributed by atoms with van der Waals surface area (Å²) in [4.78, 5) is 14.3. The molecule has 158 valence electrons. The minimum atomic E-state index is -3.91. The smallest absolute Gasteiger partial charge is 0.269 e. The number of sulfonamides is 1. The summed E-state index contributed by atoms with van der Waals surface area (Å²) >= 11 is 0. The highest BCUT2D eigenvalue weighted by Crippen LogP contribution is 2.31. The van der Waals surface area contributed by atoms with Gasteiger partial charge in [0.1, 0.15) is 0 Å². The van der Waals surface area contributed by atoms with Crippen LogP contribution in [0.3, 0.4) is 0 Å². The standard InChI is InChI=1S/C18H18N4O7S/c1-21(30(25,26)14-7-5-13(6-8-14)22(23)24)11-17-19-18(20-29-17)12-4-9-15(27-2)16(10-12)28-3/h4-10H,11H2,1-3H3. The monoisotopic (exact) mass is 434 g/mol. The van der Waals surface area contributed by atoms with Gasteiger partial charge in [-0.2, -0.15) is 9.29 Å². The van der Waals surface area contributed by atoms with Crippen molar-refractivity contribution in [2.75, 3.05) is 21.3 Å². The van der Waals surface area contributed by atoms with Crippen LogP contribution in [0.2, 0.25) is 0 Å². The van der Waals surface area contributed by atoms with Crippen LogP contribution in [-0.4, -0.2) is 49.1 Å². The molecule has 0 aliphatic heterocycles. The lowest BCUT2D eigenvalue weighted by Crippen LogP contribution is -2.26. The molecule has 0 atom stereocenters. The zero-order valence-corrected chi connectivity index (χ0v) is 17.1. The fourth-order valence-corrected chi connectivity index (χ4v) is 3.73. The molecule has 0 radical (unpaired) electrons. The summed E-state index contributed by atoms with van der Waals surface area (Å²) < 4.78 is 42.0. The number of hydrogen-bond donors (Lipinski definition) is 0. The molecule has 0 saturated carbocycles. The first-order chi connectivity index (χ1) is 14.3. The lowest BCUT2D eigenvalue weighted by atomic mass is 10.2. The molecular formula is C18H18N4O7S. The van der Waals surface area contributed by atoms with E-state index in [0.29, 0.717) is 17.1 Å². The molecule has 0 aliphatic rings. The number of benzene rings is 2. The van der Waals surface area contributed by atoms with E-state index in [-0.39, 0.29) is 28.8 Å². The summed E-state index contributed by atoms with van der Waals surface area (Å²) in [6, 6.07) is 9.68. The fourth-order valence-electron chi connectivity index (χ4n) is 2.61. The van der Waals surface area contributed by atoms with E-state index in [1.807, 2.05) is 0 Å². The Morgan fingerprint density at radius 2 is 1.77 bits per heavy atom. The first kappa shape index (κ1) is 21.2. The van der Waals surface area contributed by atoms with Crippen molar-refractivity contribution in [1.82, 2.24) is 14.4 Å². The topological polar surface area (TPSA) is 138 Å². The van der Waals surface area contributed by atoms with Crippen LogP contribution in [0.5, 0.6) is 11.5 Å². The third kappa shape index (κ3) is 4.23. The van der Waals surface area contributed by atoms with Crippen LogP contribution in [0.1, 0.15) is 5.89 Å². The van der Waals surface area contributed by atoms with E-state index in [1.54, 1.807) is 18.2 Å². The number of nitrogens with zero attached hydrogens (tertiary/aromatic N) is 4. The average Bonchev–Trinajstić information content (AvgIpc) is 3.21. The summed E-state index contributed by atoms with van der Waals surface area (Å²) in [6.45, 7) is -0.181. The summed E-state index contributed by atoms with van der Waals surface area (Å²) in [5, 5.41) is 14.6. The van der Waals surface area contributed by atoms with Crippen molar-refractivity contribution in [2.45, 2.75) is 11.4 Å². The van der Waals surface area contributed by atoms with Crippen molar-refractivity contribution in [3.05, 3.63) is 58.5 Å². The predicted molar refractivity (Wildman–Crippen MR) is 105 cm³/mol. The maximum Gasteiger partial charge on any atom is 0.269 e. The van der Waals surface area contributed by atoms with Gasteiger partial charge in [-0.05, 0) is 30.3 Å². The van der Waals surface area contributed by atoms with E-state index in [0.717, 1.165) is 16.4 Å². The van der Waals surface area contributed by atoms with E-state index >= 15 is 0 Å². The fraction of sp³-hybridized carbons (Fsp3) is 0.222. The highest BCUT2D eigenvalue weighted by Gasteiger charge is 2.24. The second-order valence-corrected chi connectivity index (χ2v) is 8.14. The van der Waals surface area contributed by atoms with Gasteiger partial charge in [-0.3, -0.25) is 10.1 Å². The minimum Gasteiger partial charge on any atom is -0.493 e. The molecule has 3 rings (SSSR count). The molecule has 30 heavy (non-hydrogen) atoms. The van der Waals surface area contributed by atoms with Gasteiger partial charge in [0.2, 0.25) is 21.7 Å². The van der Waals surface area contributed by atoms with Gasteiger partial charge in [0.25, 0.3) is 5.69 Å². The quantitative estimate of drug-likeness (QED) is 0.386. The molecule has 0 unspecified atom stereocenters. The molecule has 2 aromatic carbocycles. The third-order valence-corrected chi connectivity index (χ3v) is 6.04. The van der Waals surface area contributed by atoms with E-state index in [4.69, 9.17) is 14.0 Å². The first-order valence-electron chi connectivity index (χ1n) is 8.52. The molecule has 1 aromatic heterocycles. The molecule has 0 amide bonds. The number of methoxy groups -OCH3 is 2. The van der Waals surface area contributed by atoms with Gasteiger partial charge in [0.05, 0.1) is 30.6 Å². The van der Waals surface area contributed by atoms with Crippen molar-refractivity contribution in [3.63, 3.8) is 0 Å². The molecule has 0 fully saturated rings. The van der Waals surface area contributed by atoms with Crippen molar-refractivity contribution >= 4 is 15.7 Å². The van der Waals surface area contributed by atoms with E-state index in [1.165, 1.54) is 33.4 Å². The maximum absolute atomic E-state index is 12.7. The number of ether oxygens (including phenoxy) is 2. The van der Waals surface area contributed by atoms with E-state index < -0.39 is 14.9 Å². The van der Waals surface area contributed by atoms with Gasteiger partial charge in [0, 0.05) is 24.7 Å². The van der Waals surface area contributed by atoms with Crippen molar-refractivity contribution in [3.8, 4) is 22.9 Å². The molecule has 1 heterocycles. The van der Waals surface area contributed by atoms with Crippen LogP contribution in [0.15, 0.2) is 51.9 Å². The molecule has 0 N–H and O–H groups in total. The lowest BCUT2D eigenvalue weighted by Gasteiger charge is -2.14. The maximum atomic E-state index is 12.7.